The molecule has 94 valence electrons. The molecule has 1 aromatic rings. The fourth-order valence-corrected chi connectivity index (χ4v) is 3.34. The molecule has 17 heavy (non-hydrogen) atoms. The van der Waals surface area contributed by atoms with Gasteiger partial charge in [0.1, 0.15) is 0 Å². The molecular formula is C15H21BrO. The van der Waals surface area contributed by atoms with Crippen LogP contribution in [0.1, 0.15) is 43.9 Å². The van der Waals surface area contributed by atoms with Crippen molar-refractivity contribution in [1.29, 1.82) is 0 Å². The highest BCUT2D eigenvalue weighted by Crippen LogP contribution is 2.43. The van der Waals surface area contributed by atoms with Crippen LogP contribution in [0.15, 0.2) is 22.7 Å². The van der Waals surface area contributed by atoms with Gasteiger partial charge in [-0.3, -0.25) is 0 Å². The number of ether oxygens (including phenoxy) is 1. The van der Waals surface area contributed by atoms with Gasteiger partial charge in [0.2, 0.25) is 0 Å². The van der Waals surface area contributed by atoms with Gasteiger partial charge in [-0.1, -0.05) is 48.3 Å². The molecule has 1 nitrogen and oxygen atoms in total. The van der Waals surface area contributed by atoms with E-state index in [4.69, 9.17) is 4.74 Å². The molecule has 2 rings (SSSR count). The Hall–Kier alpha value is -0.340. The van der Waals surface area contributed by atoms with Gasteiger partial charge < -0.3 is 4.74 Å². The minimum Gasteiger partial charge on any atom is -0.376 e. The summed E-state index contributed by atoms with van der Waals surface area (Å²) < 4.78 is 6.96. The Bertz CT molecular complexity index is 387. The van der Waals surface area contributed by atoms with Gasteiger partial charge in [-0.25, -0.2) is 0 Å². The number of methoxy groups -OCH3 is 1. The van der Waals surface area contributed by atoms with Gasteiger partial charge >= 0.3 is 0 Å². The van der Waals surface area contributed by atoms with E-state index in [-0.39, 0.29) is 0 Å². The standard InChI is InChI=1S/C15H21BrO/c1-10(2)7-8-11-9-13-12(15(11)17-3)5-4-6-14(13)16/h4-6,10-11,15H,7-9H2,1-3H3. The summed E-state index contributed by atoms with van der Waals surface area (Å²) in [6, 6.07) is 6.46. The molecule has 0 spiro atoms. The van der Waals surface area contributed by atoms with Gasteiger partial charge in [-0.2, -0.15) is 0 Å². The molecule has 2 unspecified atom stereocenters. The molecule has 0 amide bonds. The number of rotatable bonds is 4. The first-order chi connectivity index (χ1) is 8.13. The Balaban J connectivity index is 2.16. The van der Waals surface area contributed by atoms with E-state index in [1.54, 1.807) is 0 Å². The fourth-order valence-electron chi connectivity index (χ4n) is 2.80. The van der Waals surface area contributed by atoms with Crippen LogP contribution in [0.2, 0.25) is 0 Å². The Morgan fingerprint density at radius 2 is 2.18 bits per heavy atom. The van der Waals surface area contributed by atoms with Crippen molar-refractivity contribution in [3.63, 3.8) is 0 Å². The highest BCUT2D eigenvalue weighted by molar-refractivity contribution is 9.10. The second-order valence-electron chi connectivity index (χ2n) is 5.40. The molecule has 0 fully saturated rings. The quantitative estimate of drug-likeness (QED) is 0.779. The zero-order chi connectivity index (χ0) is 12.4. The van der Waals surface area contributed by atoms with Crippen LogP contribution in [-0.4, -0.2) is 7.11 Å². The summed E-state index contributed by atoms with van der Waals surface area (Å²) in [7, 11) is 1.84. The molecule has 2 atom stereocenters. The second-order valence-corrected chi connectivity index (χ2v) is 6.25. The van der Waals surface area contributed by atoms with Crippen LogP contribution in [0.25, 0.3) is 0 Å². The topological polar surface area (TPSA) is 9.23 Å². The second kappa shape index (κ2) is 5.53. The van der Waals surface area contributed by atoms with Gasteiger partial charge in [0.15, 0.2) is 0 Å². The van der Waals surface area contributed by atoms with E-state index in [0.717, 1.165) is 12.3 Å². The van der Waals surface area contributed by atoms with Crippen LogP contribution >= 0.6 is 15.9 Å². The molecule has 0 saturated heterocycles. The molecule has 1 aliphatic rings. The Morgan fingerprint density at radius 3 is 2.82 bits per heavy atom. The maximum atomic E-state index is 5.72. The average molecular weight is 297 g/mol. The SMILES string of the molecule is COC1c2cccc(Br)c2CC1CCC(C)C. The van der Waals surface area contributed by atoms with Crippen LogP contribution in [0, 0.1) is 11.8 Å². The minimum atomic E-state index is 0.293. The summed E-state index contributed by atoms with van der Waals surface area (Å²) in [5.74, 6) is 1.43. The van der Waals surface area contributed by atoms with Gasteiger partial charge in [0.25, 0.3) is 0 Å². The van der Waals surface area contributed by atoms with E-state index in [1.807, 2.05) is 7.11 Å². The van der Waals surface area contributed by atoms with Crippen LogP contribution in [0.3, 0.4) is 0 Å². The molecule has 0 heterocycles. The van der Waals surface area contributed by atoms with E-state index < -0.39 is 0 Å². The zero-order valence-electron chi connectivity index (χ0n) is 10.9. The lowest BCUT2D eigenvalue weighted by Crippen LogP contribution is -2.10. The third kappa shape index (κ3) is 2.74. The van der Waals surface area contributed by atoms with Crippen LogP contribution < -0.4 is 0 Å². The monoisotopic (exact) mass is 296 g/mol. The number of halogens is 1. The third-order valence-corrected chi connectivity index (χ3v) is 4.47. The number of hydrogen-bond acceptors (Lipinski definition) is 1. The number of fused-ring (bicyclic) bond motifs is 1. The molecule has 0 bridgehead atoms. The molecule has 0 radical (unpaired) electrons. The molecule has 2 heteroatoms. The molecule has 1 aromatic carbocycles. The smallest absolute Gasteiger partial charge is 0.0855 e. The Morgan fingerprint density at radius 1 is 1.41 bits per heavy atom. The predicted octanol–water partition coefficient (Wildman–Crippen LogP) is 4.75. The first kappa shape index (κ1) is 13.1. The zero-order valence-corrected chi connectivity index (χ0v) is 12.5. The normalized spacial score (nSPS) is 23.1. The molecule has 1 aliphatic carbocycles. The van der Waals surface area contributed by atoms with E-state index in [1.165, 1.54) is 28.4 Å². The molecular weight excluding hydrogens is 276 g/mol. The Kier molecular flexibility index (Phi) is 4.26. The van der Waals surface area contributed by atoms with Crippen LogP contribution in [0.4, 0.5) is 0 Å². The number of benzene rings is 1. The molecule has 0 aromatic heterocycles. The summed E-state index contributed by atoms with van der Waals surface area (Å²) in [4.78, 5) is 0. The number of hydrogen-bond donors (Lipinski definition) is 0. The largest absolute Gasteiger partial charge is 0.376 e. The summed E-state index contributed by atoms with van der Waals surface area (Å²) in [6.07, 6.45) is 4.00. The highest BCUT2D eigenvalue weighted by Gasteiger charge is 2.33. The lowest BCUT2D eigenvalue weighted by Gasteiger charge is -2.19. The van der Waals surface area contributed by atoms with Crippen molar-refractivity contribution >= 4 is 15.9 Å². The van der Waals surface area contributed by atoms with Crippen LogP contribution in [-0.2, 0) is 11.2 Å². The predicted molar refractivity (Wildman–Crippen MR) is 75.2 cm³/mol. The van der Waals surface area contributed by atoms with E-state index >= 15 is 0 Å². The van der Waals surface area contributed by atoms with Crippen molar-refractivity contribution in [3.05, 3.63) is 33.8 Å². The van der Waals surface area contributed by atoms with E-state index in [9.17, 15) is 0 Å². The van der Waals surface area contributed by atoms with Crippen LogP contribution in [0.5, 0.6) is 0 Å². The van der Waals surface area contributed by atoms with Crippen molar-refractivity contribution in [1.82, 2.24) is 0 Å². The van der Waals surface area contributed by atoms with Crippen molar-refractivity contribution in [2.75, 3.05) is 7.11 Å². The van der Waals surface area contributed by atoms with Gasteiger partial charge in [-0.05, 0) is 41.9 Å². The highest BCUT2D eigenvalue weighted by atomic mass is 79.9. The lowest BCUT2D eigenvalue weighted by molar-refractivity contribution is 0.0572. The van der Waals surface area contributed by atoms with Gasteiger partial charge in [0, 0.05) is 11.6 Å². The summed E-state index contributed by atoms with van der Waals surface area (Å²) in [5.41, 5.74) is 2.84. The maximum Gasteiger partial charge on any atom is 0.0855 e. The molecule has 0 saturated carbocycles. The minimum absolute atomic E-state index is 0.293. The summed E-state index contributed by atoms with van der Waals surface area (Å²) in [5, 5.41) is 0. The lowest BCUT2D eigenvalue weighted by atomic mass is 9.93. The van der Waals surface area contributed by atoms with E-state index in [2.05, 4.69) is 48.0 Å². The molecule has 0 N–H and O–H groups in total. The Labute approximate surface area is 113 Å². The van der Waals surface area contributed by atoms with Gasteiger partial charge in [0.05, 0.1) is 6.10 Å². The van der Waals surface area contributed by atoms with Crippen molar-refractivity contribution in [3.8, 4) is 0 Å². The maximum absolute atomic E-state index is 5.72. The van der Waals surface area contributed by atoms with Gasteiger partial charge in [-0.15, -0.1) is 0 Å². The molecule has 0 aliphatic heterocycles. The fraction of sp³-hybridized carbons (Fsp3) is 0.600. The first-order valence-electron chi connectivity index (χ1n) is 6.43. The van der Waals surface area contributed by atoms with Crippen molar-refractivity contribution < 1.29 is 4.74 Å². The summed E-state index contributed by atoms with van der Waals surface area (Å²) >= 11 is 3.66. The average Bonchev–Trinajstić information content (AvgIpc) is 2.65. The van der Waals surface area contributed by atoms with Crippen molar-refractivity contribution in [2.45, 2.75) is 39.2 Å². The summed E-state index contributed by atoms with van der Waals surface area (Å²) in [6.45, 7) is 4.58. The van der Waals surface area contributed by atoms with E-state index in [0.29, 0.717) is 12.0 Å². The van der Waals surface area contributed by atoms with Crippen molar-refractivity contribution in [2.24, 2.45) is 11.8 Å². The first-order valence-corrected chi connectivity index (χ1v) is 7.22. The third-order valence-electron chi connectivity index (χ3n) is 3.72.